The molecule has 0 radical (unpaired) electrons. The second-order valence-electron chi connectivity index (χ2n) is 7.25. The zero-order valence-corrected chi connectivity index (χ0v) is 16.8. The van der Waals surface area contributed by atoms with E-state index in [4.69, 9.17) is 0 Å². The third-order valence-corrected chi connectivity index (χ3v) is 5.36. The summed E-state index contributed by atoms with van der Waals surface area (Å²) < 4.78 is 38.7. The van der Waals surface area contributed by atoms with Crippen LogP contribution in [0.15, 0.2) is 54.6 Å². The number of halogens is 1. The summed E-state index contributed by atoms with van der Waals surface area (Å²) in [6.07, 6.45) is 1.62. The number of hydrogen-bond acceptors (Lipinski definition) is 3. The molecule has 0 saturated heterocycles. The van der Waals surface area contributed by atoms with Gasteiger partial charge in [-0.3, -0.25) is 9.10 Å². The number of sulfonamides is 1. The van der Waals surface area contributed by atoms with E-state index in [1.165, 1.54) is 19.1 Å². The Morgan fingerprint density at radius 1 is 1.11 bits per heavy atom. The predicted octanol–water partition coefficient (Wildman–Crippen LogP) is 3.12. The molecule has 0 heterocycles. The highest BCUT2D eigenvalue weighted by Gasteiger charge is 2.32. The standard InChI is InChI=1S/C20H25FN2O3S/c1-15(23(27(4,25)26)18-12-10-17(21)11-13-18)19(24)22-20(2,3)14-16-8-6-5-7-9-16/h5-13,15H,14H2,1-4H3,(H,22,24)/t15-/m0/s1. The normalized spacial score (nSPS) is 13.1. The number of nitrogens with one attached hydrogen (secondary N) is 1. The van der Waals surface area contributed by atoms with E-state index >= 15 is 0 Å². The monoisotopic (exact) mass is 392 g/mol. The van der Waals surface area contributed by atoms with Crippen LogP contribution < -0.4 is 9.62 Å². The summed E-state index contributed by atoms with van der Waals surface area (Å²) >= 11 is 0. The van der Waals surface area contributed by atoms with Crippen LogP contribution in [0, 0.1) is 5.82 Å². The predicted molar refractivity (Wildman–Crippen MR) is 106 cm³/mol. The number of rotatable bonds is 7. The summed E-state index contributed by atoms with van der Waals surface area (Å²) in [5.74, 6) is -0.904. The van der Waals surface area contributed by atoms with Crippen LogP contribution in [0.2, 0.25) is 0 Å². The summed E-state index contributed by atoms with van der Waals surface area (Å²) in [6, 6.07) is 13.7. The quantitative estimate of drug-likeness (QED) is 0.787. The van der Waals surface area contributed by atoms with Crippen molar-refractivity contribution in [3.05, 3.63) is 66.0 Å². The van der Waals surface area contributed by atoms with Crippen LogP contribution in [-0.4, -0.2) is 32.2 Å². The average Bonchev–Trinajstić information content (AvgIpc) is 2.55. The highest BCUT2D eigenvalue weighted by molar-refractivity contribution is 7.92. The summed E-state index contributed by atoms with van der Waals surface area (Å²) in [5, 5.41) is 2.92. The minimum Gasteiger partial charge on any atom is -0.349 e. The number of carbonyl (C=O) groups excluding carboxylic acids is 1. The summed E-state index contributed by atoms with van der Waals surface area (Å²) in [7, 11) is -3.74. The van der Waals surface area contributed by atoms with Gasteiger partial charge in [-0.2, -0.15) is 0 Å². The second kappa shape index (κ2) is 8.08. The number of hydrogen-bond donors (Lipinski definition) is 1. The van der Waals surface area contributed by atoms with Gasteiger partial charge in [-0.05, 0) is 57.0 Å². The molecule has 0 spiro atoms. The Morgan fingerprint density at radius 3 is 2.19 bits per heavy atom. The van der Waals surface area contributed by atoms with E-state index in [0.717, 1.165) is 28.3 Å². The first-order chi connectivity index (χ1) is 12.5. The molecule has 5 nitrogen and oxygen atoms in total. The van der Waals surface area contributed by atoms with E-state index < -0.39 is 33.3 Å². The Labute approximate surface area is 160 Å². The zero-order valence-electron chi connectivity index (χ0n) is 15.9. The van der Waals surface area contributed by atoms with E-state index in [0.29, 0.717) is 6.42 Å². The van der Waals surface area contributed by atoms with Gasteiger partial charge in [0.25, 0.3) is 0 Å². The molecule has 1 atom stereocenters. The number of anilines is 1. The molecule has 27 heavy (non-hydrogen) atoms. The largest absolute Gasteiger partial charge is 0.349 e. The molecule has 0 aliphatic rings. The topological polar surface area (TPSA) is 66.5 Å². The molecule has 1 N–H and O–H groups in total. The van der Waals surface area contributed by atoms with E-state index in [1.807, 2.05) is 44.2 Å². The Balaban J connectivity index is 2.20. The molecule has 1 amide bonds. The lowest BCUT2D eigenvalue weighted by atomic mass is 9.94. The molecule has 7 heteroatoms. The lowest BCUT2D eigenvalue weighted by Crippen LogP contribution is -2.54. The van der Waals surface area contributed by atoms with E-state index in [-0.39, 0.29) is 5.69 Å². The Bertz CT molecular complexity index is 881. The first kappa shape index (κ1) is 20.9. The minimum absolute atomic E-state index is 0.238. The highest BCUT2D eigenvalue weighted by atomic mass is 32.2. The Morgan fingerprint density at radius 2 is 1.67 bits per heavy atom. The van der Waals surface area contributed by atoms with Crippen LogP contribution in [-0.2, 0) is 21.2 Å². The molecule has 0 fully saturated rings. The first-order valence-corrected chi connectivity index (χ1v) is 10.5. The van der Waals surface area contributed by atoms with Gasteiger partial charge in [0, 0.05) is 5.54 Å². The van der Waals surface area contributed by atoms with Crippen molar-refractivity contribution in [1.29, 1.82) is 0 Å². The number of amides is 1. The lowest BCUT2D eigenvalue weighted by molar-refractivity contribution is -0.123. The molecule has 0 bridgehead atoms. The molecule has 0 aliphatic carbocycles. The van der Waals surface area contributed by atoms with Crippen LogP contribution in [0.5, 0.6) is 0 Å². The molecule has 2 aromatic carbocycles. The maximum atomic E-state index is 13.2. The van der Waals surface area contributed by atoms with Crippen LogP contribution in [0.3, 0.4) is 0 Å². The van der Waals surface area contributed by atoms with Crippen LogP contribution in [0.25, 0.3) is 0 Å². The molecular formula is C20H25FN2O3S. The van der Waals surface area contributed by atoms with Crippen molar-refractivity contribution in [3.8, 4) is 0 Å². The van der Waals surface area contributed by atoms with Gasteiger partial charge < -0.3 is 5.32 Å². The van der Waals surface area contributed by atoms with Gasteiger partial charge in [0.2, 0.25) is 15.9 Å². The maximum Gasteiger partial charge on any atom is 0.244 e. The van der Waals surface area contributed by atoms with E-state index in [2.05, 4.69) is 5.32 Å². The van der Waals surface area contributed by atoms with Crippen molar-refractivity contribution in [1.82, 2.24) is 5.32 Å². The second-order valence-corrected chi connectivity index (χ2v) is 9.11. The van der Waals surface area contributed by atoms with Gasteiger partial charge in [-0.1, -0.05) is 30.3 Å². The minimum atomic E-state index is -3.74. The van der Waals surface area contributed by atoms with Crippen molar-refractivity contribution >= 4 is 21.6 Å². The van der Waals surface area contributed by atoms with Crippen molar-refractivity contribution < 1.29 is 17.6 Å². The van der Waals surface area contributed by atoms with Crippen LogP contribution in [0.4, 0.5) is 10.1 Å². The van der Waals surface area contributed by atoms with Crippen molar-refractivity contribution in [3.63, 3.8) is 0 Å². The maximum absolute atomic E-state index is 13.2. The molecule has 0 aromatic heterocycles. The average molecular weight is 392 g/mol. The first-order valence-electron chi connectivity index (χ1n) is 8.60. The molecule has 2 aromatic rings. The van der Waals surface area contributed by atoms with Gasteiger partial charge in [0.1, 0.15) is 11.9 Å². The fourth-order valence-electron chi connectivity index (χ4n) is 2.99. The Kier molecular flexibility index (Phi) is 6.26. The molecule has 0 unspecified atom stereocenters. The molecule has 0 aliphatic heterocycles. The van der Waals surface area contributed by atoms with Gasteiger partial charge in [0.15, 0.2) is 0 Å². The fourth-order valence-corrected chi connectivity index (χ4v) is 4.16. The molecular weight excluding hydrogens is 367 g/mol. The molecule has 2 rings (SSSR count). The summed E-state index contributed by atoms with van der Waals surface area (Å²) in [5.41, 5.74) is 0.731. The highest BCUT2D eigenvalue weighted by Crippen LogP contribution is 2.22. The van der Waals surface area contributed by atoms with E-state index in [1.54, 1.807) is 0 Å². The van der Waals surface area contributed by atoms with Crippen molar-refractivity contribution in [2.45, 2.75) is 38.8 Å². The lowest BCUT2D eigenvalue weighted by Gasteiger charge is -2.32. The van der Waals surface area contributed by atoms with Crippen LogP contribution in [0.1, 0.15) is 26.3 Å². The van der Waals surface area contributed by atoms with Crippen molar-refractivity contribution in [2.75, 3.05) is 10.6 Å². The van der Waals surface area contributed by atoms with Gasteiger partial charge in [-0.25, -0.2) is 12.8 Å². The Hall–Kier alpha value is -2.41. The third-order valence-electron chi connectivity index (χ3n) is 4.12. The SMILES string of the molecule is C[C@@H](C(=O)NC(C)(C)Cc1ccccc1)N(c1ccc(F)cc1)S(C)(=O)=O. The summed E-state index contributed by atoms with van der Waals surface area (Å²) in [6.45, 7) is 5.28. The van der Waals surface area contributed by atoms with Crippen molar-refractivity contribution in [2.24, 2.45) is 0 Å². The van der Waals surface area contributed by atoms with Crippen LogP contribution >= 0.6 is 0 Å². The smallest absolute Gasteiger partial charge is 0.244 e. The number of benzene rings is 2. The van der Waals surface area contributed by atoms with Gasteiger partial charge >= 0.3 is 0 Å². The van der Waals surface area contributed by atoms with Gasteiger partial charge in [0.05, 0.1) is 11.9 Å². The fraction of sp³-hybridized carbons (Fsp3) is 0.350. The summed E-state index contributed by atoms with van der Waals surface area (Å²) in [4.78, 5) is 12.8. The molecule has 0 saturated carbocycles. The number of nitrogens with zero attached hydrogens (tertiary/aromatic N) is 1. The molecule has 146 valence electrons. The number of carbonyl (C=O) groups is 1. The van der Waals surface area contributed by atoms with E-state index in [9.17, 15) is 17.6 Å². The third kappa shape index (κ3) is 5.79. The van der Waals surface area contributed by atoms with Gasteiger partial charge in [-0.15, -0.1) is 0 Å². The zero-order chi connectivity index (χ0) is 20.2.